The van der Waals surface area contributed by atoms with E-state index >= 15 is 0 Å². The lowest BCUT2D eigenvalue weighted by atomic mass is 9.98. The molecule has 4 heteroatoms. The second kappa shape index (κ2) is 7.38. The third-order valence-corrected chi connectivity index (χ3v) is 3.80. The molecule has 0 aliphatic carbocycles. The van der Waals surface area contributed by atoms with E-state index in [1.165, 1.54) is 0 Å². The second-order valence-electron chi connectivity index (χ2n) is 5.71. The Morgan fingerprint density at radius 3 is 2.71 bits per heavy atom. The van der Waals surface area contributed by atoms with Gasteiger partial charge in [0.2, 0.25) is 0 Å². The lowest BCUT2D eigenvalue weighted by molar-refractivity contribution is 0.161. The Labute approximate surface area is 126 Å². The summed E-state index contributed by atoms with van der Waals surface area (Å²) >= 11 is 0. The first kappa shape index (κ1) is 15.7. The van der Waals surface area contributed by atoms with Gasteiger partial charge < -0.3 is 15.0 Å². The van der Waals surface area contributed by atoms with Gasteiger partial charge in [-0.2, -0.15) is 0 Å². The van der Waals surface area contributed by atoms with E-state index in [1.807, 2.05) is 30.6 Å². The maximum Gasteiger partial charge on any atom is 0.139 e. The molecule has 1 atom stereocenters. The van der Waals surface area contributed by atoms with Gasteiger partial charge in [-0.15, -0.1) is 0 Å². The van der Waals surface area contributed by atoms with Gasteiger partial charge in [-0.05, 0) is 26.3 Å². The molecule has 0 aliphatic heterocycles. The molecule has 0 saturated heterocycles. The molecule has 0 saturated carbocycles. The largest absolute Gasteiger partial charge is 0.394 e. The van der Waals surface area contributed by atoms with Gasteiger partial charge in [0, 0.05) is 30.0 Å². The van der Waals surface area contributed by atoms with E-state index in [-0.39, 0.29) is 12.1 Å². The normalized spacial score (nSPS) is 14.0. The van der Waals surface area contributed by atoms with Crippen LogP contribution in [0.1, 0.15) is 26.7 Å². The minimum Gasteiger partial charge on any atom is -0.394 e. The number of rotatable bonds is 8. The van der Waals surface area contributed by atoms with Crippen molar-refractivity contribution in [1.29, 1.82) is 0 Å². The van der Waals surface area contributed by atoms with Gasteiger partial charge in [0.1, 0.15) is 5.82 Å². The molecule has 2 N–H and O–H groups in total. The van der Waals surface area contributed by atoms with Crippen molar-refractivity contribution in [2.45, 2.75) is 38.8 Å². The zero-order valence-electron chi connectivity index (χ0n) is 12.9. The Balaban J connectivity index is 2.06. The van der Waals surface area contributed by atoms with E-state index in [0.29, 0.717) is 0 Å². The van der Waals surface area contributed by atoms with Crippen LogP contribution in [-0.4, -0.2) is 33.3 Å². The van der Waals surface area contributed by atoms with Gasteiger partial charge >= 0.3 is 0 Å². The summed E-state index contributed by atoms with van der Waals surface area (Å²) in [5, 5.41) is 13.1. The van der Waals surface area contributed by atoms with Crippen LogP contribution in [0.25, 0.3) is 11.4 Å². The maximum atomic E-state index is 9.64. The van der Waals surface area contributed by atoms with Crippen LogP contribution >= 0.6 is 0 Å². The number of hydrogen-bond donors (Lipinski definition) is 2. The number of nitrogens with zero attached hydrogens (tertiary/aromatic N) is 2. The average molecular weight is 287 g/mol. The molecule has 1 heterocycles. The highest BCUT2D eigenvalue weighted by atomic mass is 16.3. The molecule has 1 aromatic heterocycles. The SMILES string of the molecule is CCCNC(C)(CO)CCn1ccnc1-c1ccccc1. The van der Waals surface area contributed by atoms with Crippen molar-refractivity contribution in [3.05, 3.63) is 42.7 Å². The van der Waals surface area contributed by atoms with Gasteiger partial charge in [0.25, 0.3) is 0 Å². The molecular weight excluding hydrogens is 262 g/mol. The molecule has 114 valence electrons. The van der Waals surface area contributed by atoms with Gasteiger partial charge in [-0.25, -0.2) is 4.98 Å². The third kappa shape index (κ3) is 4.16. The number of imidazole rings is 1. The summed E-state index contributed by atoms with van der Waals surface area (Å²) in [6, 6.07) is 10.2. The molecule has 0 bridgehead atoms. The lowest BCUT2D eigenvalue weighted by Gasteiger charge is -2.29. The summed E-state index contributed by atoms with van der Waals surface area (Å²) in [4.78, 5) is 4.46. The molecule has 0 aliphatic rings. The molecule has 1 aromatic carbocycles. The minimum absolute atomic E-state index is 0.141. The van der Waals surface area contributed by atoms with E-state index in [9.17, 15) is 5.11 Å². The van der Waals surface area contributed by atoms with Crippen LogP contribution in [0.5, 0.6) is 0 Å². The van der Waals surface area contributed by atoms with Gasteiger partial charge in [-0.3, -0.25) is 0 Å². The Kier molecular flexibility index (Phi) is 5.53. The highest BCUT2D eigenvalue weighted by Gasteiger charge is 2.22. The summed E-state index contributed by atoms with van der Waals surface area (Å²) in [6.07, 6.45) is 5.76. The van der Waals surface area contributed by atoms with Crippen molar-refractivity contribution in [2.75, 3.05) is 13.2 Å². The topological polar surface area (TPSA) is 50.1 Å². The number of aromatic nitrogens is 2. The lowest BCUT2D eigenvalue weighted by Crippen LogP contribution is -2.46. The fourth-order valence-corrected chi connectivity index (χ4v) is 2.35. The summed E-state index contributed by atoms with van der Waals surface area (Å²) in [6.45, 7) is 6.10. The van der Waals surface area contributed by atoms with E-state index in [2.05, 4.69) is 40.8 Å². The smallest absolute Gasteiger partial charge is 0.139 e. The summed E-state index contributed by atoms with van der Waals surface area (Å²) < 4.78 is 2.15. The highest BCUT2D eigenvalue weighted by Crippen LogP contribution is 2.19. The Morgan fingerprint density at radius 2 is 2.05 bits per heavy atom. The predicted molar refractivity (Wildman–Crippen MR) is 86.1 cm³/mol. The van der Waals surface area contributed by atoms with E-state index < -0.39 is 0 Å². The van der Waals surface area contributed by atoms with Crippen molar-refractivity contribution in [3.8, 4) is 11.4 Å². The van der Waals surface area contributed by atoms with E-state index in [0.717, 1.165) is 37.3 Å². The average Bonchev–Trinajstić information content (AvgIpc) is 3.00. The molecule has 1 unspecified atom stereocenters. The summed E-state index contributed by atoms with van der Waals surface area (Å²) in [5.74, 6) is 0.978. The Hall–Kier alpha value is -1.65. The quantitative estimate of drug-likeness (QED) is 0.785. The molecular formula is C17H25N3O. The number of benzene rings is 1. The monoisotopic (exact) mass is 287 g/mol. The Morgan fingerprint density at radius 1 is 1.29 bits per heavy atom. The number of nitrogens with one attached hydrogen (secondary N) is 1. The molecule has 2 aromatic rings. The first-order valence-corrected chi connectivity index (χ1v) is 7.61. The number of aryl methyl sites for hydroxylation is 1. The molecule has 21 heavy (non-hydrogen) atoms. The first-order valence-electron chi connectivity index (χ1n) is 7.61. The molecule has 0 amide bonds. The fourth-order valence-electron chi connectivity index (χ4n) is 2.35. The van der Waals surface area contributed by atoms with Gasteiger partial charge in [0.05, 0.1) is 6.61 Å². The molecule has 0 fully saturated rings. The predicted octanol–water partition coefficient (Wildman–Crippen LogP) is 2.69. The minimum atomic E-state index is -0.242. The molecule has 4 nitrogen and oxygen atoms in total. The van der Waals surface area contributed by atoms with Crippen molar-refractivity contribution in [2.24, 2.45) is 0 Å². The molecule has 0 spiro atoms. The third-order valence-electron chi connectivity index (χ3n) is 3.80. The Bertz CT molecular complexity index is 538. The number of aliphatic hydroxyl groups excluding tert-OH is 1. The van der Waals surface area contributed by atoms with Crippen LogP contribution < -0.4 is 5.32 Å². The van der Waals surface area contributed by atoms with Crippen LogP contribution in [0.4, 0.5) is 0 Å². The van der Waals surface area contributed by atoms with Crippen LogP contribution in [0.2, 0.25) is 0 Å². The van der Waals surface area contributed by atoms with Crippen LogP contribution in [0.3, 0.4) is 0 Å². The van der Waals surface area contributed by atoms with E-state index in [4.69, 9.17) is 0 Å². The number of aliphatic hydroxyl groups is 1. The van der Waals surface area contributed by atoms with Crippen LogP contribution in [-0.2, 0) is 6.54 Å². The zero-order valence-corrected chi connectivity index (χ0v) is 12.9. The van der Waals surface area contributed by atoms with Crippen molar-refractivity contribution < 1.29 is 5.11 Å². The van der Waals surface area contributed by atoms with Crippen molar-refractivity contribution >= 4 is 0 Å². The molecule has 2 rings (SSSR count). The first-order chi connectivity index (χ1) is 10.2. The van der Waals surface area contributed by atoms with E-state index in [1.54, 1.807) is 0 Å². The molecule has 0 radical (unpaired) electrons. The maximum absolute atomic E-state index is 9.64. The summed E-state index contributed by atoms with van der Waals surface area (Å²) in [5.41, 5.74) is 0.878. The number of hydrogen-bond acceptors (Lipinski definition) is 3. The van der Waals surface area contributed by atoms with Gasteiger partial charge in [-0.1, -0.05) is 37.3 Å². The second-order valence-corrected chi connectivity index (χ2v) is 5.71. The fraction of sp³-hybridized carbons (Fsp3) is 0.471. The van der Waals surface area contributed by atoms with Crippen LogP contribution in [0.15, 0.2) is 42.7 Å². The van der Waals surface area contributed by atoms with Crippen molar-refractivity contribution in [3.63, 3.8) is 0 Å². The zero-order chi connectivity index (χ0) is 15.1. The van der Waals surface area contributed by atoms with Crippen LogP contribution in [0, 0.1) is 0 Å². The van der Waals surface area contributed by atoms with Gasteiger partial charge in [0.15, 0.2) is 0 Å². The summed E-state index contributed by atoms with van der Waals surface area (Å²) in [7, 11) is 0. The highest BCUT2D eigenvalue weighted by molar-refractivity contribution is 5.55. The van der Waals surface area contributed by atoms with Crippen molar-refractivity contribution in [1.82, 2.24) is 14.9 Å². The standard InChI is InChI=1S/C17H25N3O/c1-3-10-19-17(2,14-21)9-12-20-13-11-18-16(20)15-7-5-4-6-8-15/h4-8,11,13,19,21H,3,9-10,12,14H2,1-2H3.